The minimum Gasteiger partial charge on any atom is -0.494 e. The van der Waals surface area contributed by atoms with Crippen molar-refractivity contribution < 1.29 is 17.9 Å². The van der Waals surface area contributed by atoms with Crippen molar-refractivity contribution in [2.24, 2.45) is 5.92 Å². The van der Waals surface area contributed by atoms with Crippen molar-refractivity contribution in [1.82, 2.24) is 9.29 Å². The molecule has 1 aliphatic heterocycles. The van der Waals surface area contributed by atoms with Gasteiger partial charge in [-0.1, -0.05) is 41.1 Å². The first-order chi connectivity index (χ1) is 14.4. The Bertz CT molecular complexity index is 1180. The number of fused-ring (bicyclic) bond motifs is 1. The zero-order valence-electron chi connectivity index (χ0n) is 16.2. The van der Waals surface area contributed by atoms with Gasteiger partial charge < -0.3 is 10.1 Å². The summed E-state index contributed by atoms with van der Waals surface area (Å²) in [6.45, 7) is 0.535. The SMILES string of the molecule is COc1ccc(Cl)c2sc(NC(=O)C3CCCN(S(=O)(=O)c4ccccc4)C3)nc12. The van der Waals surface area contributed by atoms with Crippen LogP contribution in [0.4, 0.5) is 5.13 Å². The van der Waals surface area contributed by atoms with Gasteiger partial charge in [0.05, 0.1) is 27.6 Å². The third-order valence-corrected chi connectivity index (χ3v) is 8.35. The molecule has 0 aliphatic carbocycles. The second kappa shape index (κ2) is 8.50. The maximum absolute atomic E-state index is 12.9. The number of hydrogen-bond donors (Lipinski definition) is 1. The lowest BCUT2D eigenvalue weighted by Crippen LogP contribution is -2.43. The summed E-state index contributed by atoms with van der Waals surface area (Å²) >= 11 is 7.50. The number of benzene rings is 2. The van der Waals surface area contributed by atoms with Crippen LogP contribution in [0.25, 0.3) is 10.2 Å². The minimum atomic E-state index is -3.63. The highest BCUT2D eigenvalue weighted by Crippen LogP contribution is 2.37. The van der Waals surface area contributed by atoms with Gasteiger partial charge in [-0.15, -0.1) is 0 Å². The van der Waals surface area contributed by atoms with Gasteiger partial charge in [-0.25, -0.2) is 13.4 Å². The number of hydrogen-bond acceptors (Lipinski definition) is 6. The average molecular weight is 466 g/mol. The molecular formula is C20H20ClN3O4S2. The van der Waals surface area contributed by atoms with Crippen LogP contribution in [0.3, 0.4) is 0 Å². The number of nitrogens with one attached hydrogen (secondary N) is 1. The molecule has 0 spiro atoms. The fourth-order valence-corrected chi connectivity index (χ4v) is 6.20. The van der Waals surface area contributed by atoms with E-state index in [4.69, 9.17) is 16.3 Å². The van der Waals surface area contributed by atoms with E-state index in [1.165, 1.54) is 15.6 Å². The minimum absolute atomic E-state index is 0.137. The molecule has 3 aromatic rings. The van der Waals surface area contributed by atoms with Crippen LogP contribution in [0.15, 0.2) is 47.4 Å². The molecule has 0 bridgehead atoms. The predicted molar refractivity (Wildman–Crippen MR) is 118 cm³/mol. The Morgan fingerprint density at radius 3 is 2.77 bits per heavy atom. The molecule has 2 heterocycles. The van der Waals surface area contributed by atoms with Crippen LogP contribution in [0, 0.1) is 5.92 Å². The van der Waals surface area contributed by atoms with E-state index in [2.05, 4.69) is 10.3 Å². The number of carbonyl (C=O) groups excluding carboxylic acids is 1. The summed E-state index contributed by atoms with van der Waals surface area (Å²) in [7, 11) is -2.08. The van der Waals surface area contributed by atoms with Crippen molar-refractivity contribution in [3.63, 3.8) is 0 Å². The molecule has 0 saturated carbocycles. The zero-order chi connectivity index (χ0) is 21.3. The van der Waals surface area contributed by atoms with Crippen LogP contribution >= 0.6 is 22.9 Å². The van der Waals surface area contributed by atoms with Crippen LogP contribution < -0.4 is 10.1 Å². The number of piperidine rings is 1. The van der Waals surface area contributed by atoms with Gasteiger partial charge in [0.2, 0.25) is 15.9 Å². The lowest BCUT2D eigenvalue weighted by Gasteiger charge is -2.31. The van der Waals surface area contributed by atoms with Crippen LogP contribution in [0.5, 0.6) is 5.75 Å². The molecule has 158 valence electrons. The first-order valence-electron chi connectivity index (χ1n) is 9.39. The number of amides is 1. The van der Waals surface area contributed by atoms with E-state index in [1.54, 1.807) is 49.6 Å². The second-order valence-electron chi connectivity index (χ2n) is 6.95. The third kappa shape index (κ3) is 4.02. The maximum Gasteiger partial charge on any atom is 0.243 e. The summed E-state index contributed by atoms with van der Waals surface area (Å²) in [4.78, 5) is 17.5. The zero-order valence-corrected chi connectivity index (χ0v) is 18.6. The highest BCUT2D eigenvalue weighted by atomic mass is 35.5. The molecule has 1 atom stereocenters. The molecule has 0 radical (unpaired) electrons. The lowest BCUT2D eigenvalue weighted by atomic mass is 9.99. The van der Waals surface area contributed by atoms with Crippen molar-refractivity contribution in [1.29, 1.82) is 0 Å². The first-order valence-corrected chi connectivity index (χ1v) is 12.0. The highest BCUT2D eigenvalue weighted by molar-refractivity contribution is 7.89. The number of rotatable bonds is 5. The fraction of sp³-hybridized carbons (Fsp3) is 0.300. The van der Waals surface area contributed by atoms with Gasteiger partial charge in [-0.2, -0.15) is 4.31 Å². The molecule has 10 heteroatoms. The molecule has 7 nitrogen and oxygen atoms in total. The van der Waals surface area contributed by atoms with Crippen LogP contribution in [-0.4, -0.2) is 43.8 Å². The number of sulfonamides is 1. The Morgan fingerprint density at radius 1 is 1.27 bits per heavy atom. The molecule has 1 unspecified atom stereocenters. The number of halogens is 1. The summed E-state index contributed by atoms with van der Waals surface area (Å²) in [6, 6.07) is 11.7. The fourth-order valence-electron chi connectivity index (χ4n) is 3.49. The quantitative estimate of drug-likeness (QED) is 0.615. The van der Waals surface area contributed by atoms with E-state index in [0.717, 1.165) is 4.70 Å². The second-order valence-corrected chi connectivity index (χ2v) is 10.3. The Morgan fingerprint density at radius 2 is 2.03 bits per heavy atom. The van der Waals surface area contributed by atoms with Gasteiger partial charge in [0, 0.05) is 13.1 Å². The van der Waals surface area contributed by atoms with Crippen molar-refractivity contribution in [2.45, 2.75) is 17.7 Å². The van der Waals surface area contributed by atoms with Crippen LogP contribution in [0.2, 0.25) is 5.02 Å². The number of anilines is 1. The normalized spacial score (nSPS) is 17.7. The van der Waals surface area contributed by atoms with Gasteiger partial charge in [-0.05, 0) is 37.1 Å². The molecule has 1 amide bonds. The van der Waals surface area contributed by atoms with E-state index in [0.29, 0.717) is 40.8 Å². The molecule has 1 saturated heterocycles. The van der Waals surface area contributed by atoms with Crippen molar-refractivity contribution in [3.8, 4) is 5.75 Å². The smallest absolute Gasteiger partial charge is 0.243 e. The Balaban J connectivity index is 1.51. The topological polar surface area (TPSA) is 88.6 Å². The number of thiazole rings is 1. The van der Waals surface area contributed by atoms with E-state index in [-0.39, 0.29) is 17.3 Å². The average Bonchev–Trinajstić information content (AvgIpc) is 3.19. The van der Waals surface area contributed by atoms with E-state index in [1.807, 2.05) is 0 Å². The third-order valence-electron chi connectivity index (χ3n) is 5.04. The summed E-state index contributed by atoms with van der Waals surface area (Å²) in [5.41, 5.74) is 0.585. The number of carbonyl (C=O) groups is 1. The van der Waals surface area contributed by atoms with Gasteiger partial charge in [-0.3, -0.25) is 4.79 Å². The summed E-state index contributed by atoms with van der Waals surface area (Å²) in [6.07, 6.45) is 1.23. The molecule has 1 aromatic heterocycles. The summed E-state index contributed by atoms with van der Waals surface area (Å²) in [5, 5.41) is 3.76. The van der Waals surface area contributed by atoms with Crippen molar-refractivity contribution >= 4 is 54.2 Å². The van der Waals surface area contributed by atoms with Crippen LogP contribution in [-0.2, 0) is 14.8 Å². The van der Waals surface area contributed by atoms with Gasteiger partial charge >= 0.3 is 0 Å². The first kappa shape index (κ1) is 21.0. The van der Waals surface area contributed by atoms with Crippen molar-refractivity contribution in [3.05, 3.63) is 47.5 Å². The Hall–Kier alpha value is -2.20. The molecule has 2 aromatic carbocycles. The largest absolute Gasteiger partial charge is 0.494 e. The molecule has 1 N–H and O–H groups in total. The lowest BCUT2D eigenvalue weighted by molar-refractivity contribution is -0.120. The van der Waals surface area contributed by atoms with Crippen LogP contribution in [0.1, 0.15) is 12.8 Å². The number of ether oxygens (including phenoxy) is 1. The molecular weight excluding hydrogens is 446 g/mol. The van der Waals surface area contributed by atoms with E-state index < -0.39 is 15.9 Å². The van der Waals surface area contributed by atoms with Crippen molar-refractivity contribution in [2.75, 3.05) is 25.5 Å². The van der Waals surface area contributed by atoms with E-state index >= 15 is 0 Å². The molecule has 4 rings (SSSR count). The molecule has 1 fully saturated rings. The highest BCUT2D eigenvalue weighted by Gasteiger charge is 2.33. The van der Waals surface area contributed by atoms with E-state index in [9.17, 15) is 13.2 Å². The Labute approximate surface area is 183 Å². The van der Waals surface area contributed by atoms with Gasteiger partial charge in [0.1, 0.15) is 11.3 Å². The van der Waals surface area contributed by atoms with Gasteiger partial charge in [0.25, 0.3) is 0 Å². The molecule has 1 aliphatic rings. The standard InChI is InChI=1S/C20H20ClN3O4S2/c1-28-16-10-9-15(21)18-17(16)22-20(29-18)23-19(25)13-6-5-11-24(12-13)30(26,27)14-7-3-2-4-8-14/h2-4,7-10,13H,5-6,11-12H2,1H3,(H,22,23,25). The Kier molecular flexibility index (Phi) is 5.97. The number of aromatic nitrogens is 1. The summed E-state index contributed by atoms with van der Waals surface area (Å²) < 4.78 is 33.2. The molecule has 30 heavy (non-hydrogen) atoms. The number of methoxy groups -OCH3 is 1. The van der Waals surface area contributed by atoms with Gasteiger partial charge in [0.15, 0.2) is 5.13 Å². The maximum atomic E-state index is 12.9. The number of nitrogens with zero attached hydrogens (tertiary/aromatic N) is 2. The monoisotopic (exact) mass is 465 g/mol. The predicted octanol–water partition coefficient (Wildman–Crippen LogP) is 4.00. The summed E-state index contributed by atoms with van der Waals surface area (Å²) in [5.74, 6) is -0.136.